The average molecular weight is 302 g/mol. The Morgan fingerprint density at radius 2 is 1.81 bits per heavy atom. The molecule has 4 nitrogen and oxygen atoms in total. The molecule has 0 aliphatic carbocycles. The molecule has 0 atom stereocenters. The molecule has 0 aliphatic rings. The van der Waals surface area contributed by atoms with E-state index in [2.05, 4.69) is 9.97 Å². The molecule has 0 radical (unpaired) electrons. The summed E-state index contributed by atoms with van der Waals surface area (Å²) in [5.41, 5.74) is 1.92. The van der Waals surface area contributed by atoms with Crippen LogP contribution in [-0.2, 0) is 9.84 Å². The molecule has 0 saturated heterocycles. The highest BCUT2D eigenvalue weighted by Crippen LogP contribution is 2.22. The molecular formula is C15H11FN2O2S. The normalized spacial score (nSPS) is 11.7. The highest BCUT2D eigenvalue weighted by atomic mass is 32.2. The van der Waals surface area contributed by atoms with Gasteiger partial charge < -0.3 is 0 Å². The molecule has 0 fully saturated rings. The van der Waals surface area contributed by atoms with E-state index in [1.165, 1.54) is 24.4 Å². The molecule has 2 heterocycles. The fourth-order valence-electron chi connectivity index (χ4n) is 2.01. The van der Waals surface area contributed by atoms with Crippen molar-refractivity contribution in [2.75, 3.05) is 6.26 Å². The van der Waals surface area contributed by atoms with Gasteiger partial charge in [0.25, 0.3) is 0 Å². The van der Waals surface area contributed by atoms with Crippen LogP contribution in [0.5, 0.6) is 0 Å². The van der Waals surface area contributed by atoms with Crippen LogP contribution in [0.4, 0.5) is 4.39 Å². The predicted molar refractivity (Wildman–Crippen MR) is 78.0 cm³/mol. The quantitative estimate of drug-likeness (QED) is 0.730. The zero-order chi connectivity index (χ0) is 15.0. The number of fused-ring (bicyclic) bond motifs is 1. The molecule has 0 saturated carbocycles. The number of rotatable bonds is 2. The number of nitrogens with zero attached hydrogens (tertiary/aromatic N) is 2. The van der Waals surface area contributed by atoms with Crippen molar-refractivity contribution >= 4 is 20.7 Å². The van der Waals surface area contributed by atoms with Gasteiger partial charge in [-0.15, -0.1) is 0 Å². The van der Waals surface area contributed by atoms with Gasteiger partial charge in [-0.25, -0.2) is 12.8 Å². The molecule has 0 N–H and O–H groups in total. The van der Waals surface area contributed by atoms with Crippen LogP contribution in [0.15, 0.2) is 53.7 Å². The molecule has 21 heavy (non-hydrogen) atoms. The van der Waals surface area contributed by atoms with Crippen molar-refractivity contribution in [3.63, 3.8) is 0 Å². The number of hydrogen-bond acceptors (Lipinski definition) is 4. The van der Waals surface area contributed by atoms with Crippen LogP contribution in [0.25, 0.3) is 22.2 Å². The lowest BCUT2D eigenvalue weighted by atomic mass is 10.1. The van der Waals surface area contributed by atoms with Crippen LogP contribution < -0.4 is 0 Å². The first-order chi connectivity index (χ1) is 9.93. The number of pyridine rings is 2. The number of benzene rings is 1. The molecular weight excluding hydrogens is 291 g/mol. The summed E-state index contributed by atoms with van der Waals surface area (Å²) in [6.07, 6.45) is 4.04. The van der Waals surface area contributed by atoms with E-state index in [4.69, 9.17) is 0 Å². The summed E-state index contributed by atoms with van der Waals surface area (Å²) in [6.45, 7) is 0. The maximum Gasteiger partial charge on any atom is 0.177 e. The topological polar surface area (TPSA) is 59.9 Å². The summed E-state index contributed by atoms with van der Waals surface area (Å²) in [5, 5.41) is 0.794. The van der Waals surface area contributed by atoms with Gasteiger partial charge in [-0.3, -0.25) is 9.97 Å². The van der Waals surface area contributed by atoms with Crippen molar-refractivity contribution in [3.8, 4) is 11.3 Å². The summed E-state index contributed by atoms with van der Waals surface area (Å²) in [5.74, 6) is -0.335. The van der Waals surface area contributed by atoms with Crippen LogP contribution in [0.1, 0.15) is 0 Å². The zero-order valence-corrected chi connectivity index (χ0v) is 11.9. The summed E-state index contributed by atoms with van der Waals surface area (Å²) in [4.78, 5) is 8.51. The van der Waals surface area contributed by atoms with Crippen molar-refractivity contribution in [1.29, 1.82) is 0 Å². The van der Waals surface area contributed by atoms with Gasteiger partial charge in [0, 0.05) is 35.7 Å². The molecule has 3 aromatic rings. The Morgan fingerprint density at radius 1 is 1.00 bits per heavy atom. The van der Waals surface area contributed by atoms with E-state index in [9.17, 15) is 12.8 Å². The number of hydrogen-bond donors (Lipinski definition) is 0. The summed E-state index contributed by atoms with van der Waals surface area (Å²) in [6, 6.07) is 9.35. The lowest BCUT2D eigenvalue weighted by Crippen LogP contribution is -1.98. The molecule has 0 spiro atoms. The van der Waals surface area contributed by atoms with E-state index in [1.807, 2.05) is 6.07 Å². The van der Waals surface area contributed by atoms with E-state index in [0.717, 1.165) is 17.2 Å². The molecule has 6 heteroatoms. The SMILES string of the molecule is CS(=O)(=O)c1ccc(-c2cnc3cc(F)ccc3c2)nc1. The van der Waals surface area contributed by atoms with Gasteiger partial charge in [-0.2, -0.15) is 0 Å². The fourth-order valence-corrected chi connectivity index (χ4v) is 2.56. The minimum Gasteiger partial charge on any atom is -0.255 e. The lowest BCUT2D eigenvalue weighted by molar-refractivity contribution is 0.601. The Morgan fingerprint density at radius 3 is 2.48 bits per heavy atom. The van der Waals surface area contributed by atoms with Crippen molar-refractivity contribution in [1.82, 2.24) is 9.97 Å². The van der Waals surface area contributed by atoms with Crippen LogP contribution in [0.3, 0.4) is 0 Å². The Balaban J connectivity index is 2.06. The van der Waals surface area contributed by atoms with Gasteiger partial charge >= 0.3 is 0 Å². The van der Waals surface area contributed by atoms with Crippen LogP contribution in [0.2, 0.25) is 0 Å². The third-order valence-corrected chi connectivity index (χ3v) is 4.20. The first-order valence-electron chi connectivity index (χ1n) is 6.15. The Labute approximate surface area is 121 Å². The van der Waals surface area contributed by atoms with Gasteiger partial charge in [0.1, 0.15) is 5.82 Å². The third kappa shape index (κ3) is 2.75. The van der Waals surface area contributed by atoms with Crippen molar-refractivity contribution in [3.05, 3.63) is 54.6 Å². The molecule has 2 aromatic heterocycles. The first kappa shape index (κ1) is 13.6. The Kier molecular flexibility index (Phi) is 3.17. The zero-order valence-electron chi connectivity index (χ0n) is 11.1. The van der Waals surface area contributed by atoms with Gasteiger partial charge in [0.15, 0.2) is 9.84 Å². The van der Waals surface area contributed by atoms with Gasteiger partial charge in [0.05, 0.1) is 16.1 Å². The Hall–Kier alpha value is -2.34. The molecule has 106 valence electrons. The fraction of sp³-hybridized carbons (Fsp3) is 0.0667. The van der Waals surface area contributed by atoms with Crippen molar-refractivity contribution in [2.24, 2.45) is 0 Å². The summed E-state index contributed by atoms with van der Waals surface area (Å²) in [7, 11) is -3.26. The molecule has 1 aromatic carbocycles. The molecule has 0 bridgehead atoms. The van der Waals surface area contributed by atoms with Gasteiger partial charge in [0.2, 0.25) is 0 Å². The van der Waals surface area contributed by atoms with Crippen molar-refractivity contribution < 1.29 is 12.8 Å². The maximum atomic E-state index is 13.1. The maximum absolute atomic E-state index is 13.1. The van der Waals surface area contributed by atoms with Crippen molar-refractivity contribution in [2.45, 2.75) is 4.90 Å². The van der Waals surface area contributed by atoms with Gasteiger partial charge in [-0.05, 0) is 30.3 Å². The predicted octanol–water partition coefficient (Wildman–Crippen LogP) is 2.84. The first-order valence-corrected chi connectivity index (χ1v) is 8.04. The number of sulfone groups is 1. The number of halogens is 1. The summed E-state index contributed by atoms with van der Waals surface area (Å²) >= 11 is 0. The average Bonchev–Trinajstić information content (AvgIpc) is 2.46. The minimum absolute atomic E-state index is 0.169. The van der Waals surface area contributed by atoms with E-state index >= 15 is 0 Å². The highest BCUT2D eigenvalue weighted by molar-refractivity contribution is 7.90. The van der Waals surface area contributed by atoms with E-state index in [-0.39, 0.29) is 10.7 Å². The van der Waals surface area contributed by atoms with Crippen LogP contribution in [0, 0.1) is 5.82 Å². The Bertz CT molecular complexity index is 922. The van der Waals surface area contributed by atoms with E-state index in [0.29, 0.717) is 11.2 Å². The molecule has 0 aliphatic heterocycles. The second-order valence-electron chi connectivity index (χ2n) is 4.71. The molecule has 0 unspecified atom stereocenters. The smallest absolute Gasteiger partial charge is 0.177 e. The van der Waals surface area contributed by atoms with Crippen LogP contribution in [-0.4, -0.2) is 24.6 Å². The molecule has 3 rings (SSSR count). The van der Waals surface area contributed by atoms with Crippen LogP contribution >= 0.6 is 0 Å². The third-order valence-electron chi connectivity index (χ3n) is 3.11. The minimum atomic E-state index is -3.26. The monoisotopic (exact) mass is 302 g/mol. The largest absolute Gasteiger partial charge is 0.255 e. The molecule has 0 amide bonds. The van der Waals surface area contributed by atoms with E-state index < -0.39 is 9.84 Å². The highest BCUT2D eigenvalue weighted by Gasteiger charge is 2.08. The number of aromatic nitrogens is 2. The summed E-state index contributed by atoms with van der Waals surface area (Å²) < 4.78 is 35.9. The van der Waals surface area contributed by atoms with E-state index in [1.54, 1.807) is 18.3 Å². The lowest BCUT2D eigenvalue weighted by Gasteiger charge is -2.04. The second kappa shape index (κ2) is 4.89. The standard InChI is InChI=1S/C15H11FN2O2S/c1-21(19,20)13-4-5-14(18-9-13)11-6-10-2-3-12(16)7-15(10)17-8-11/h2-9H,1H3. The van der Waals surface area contributed by atoms with Gasteiger partial charge in [-0.1, -0.05) is 0 Å². The second-order valence-corrected chi connectivity index (χ2v) is 6.73.